The van der Waals surface area contributed by atoms with Crippen molar-refractivity contribution in [2.75, 3.05) is 30.4 Å². The molecule has 0 atom stereocenters. The lowest BCUT2D eigenvalue weighted by Crippen LogP contribution is -2.19. The summed E-state index contributed by atoms with van der Waals surface area (Å²) in [6.45, 7) is 2.26. The van der Waals surface area contributed by atoms with Crippen LogP contribution in [0.3, 0.4) is 0 Å². The smallest absolute Gasteiger partial charge is 0.138 e. The molecule has 1 aliphatic heterocycles. The summed E-state index contributed by atoms with van der Waals surface area (Å²) in [5.74, 6) is 1.13. The van der Waals surface area contributed by atoms with Crippen molar-refractivity contribution in [3.63, 3.8) is 0 Å². The van der Waals surface area contributed by atoms with E-state index in [1.807, 2.05) is 13.2 Å². The Hall–Kier alpha value is -1.77. The average molecular weight is 227 g/mol. The summed E-state index contributed by atoms with van der Waals surface area (Å²) >= 11 is 0. The van der Waals surface area contributed by atoms with Gasteiger partial charge in [-0.2, -0.15) is 0 Å². The standard InChI is InChI=1S/C14H17N3/c1-15-12-6-4-5-11-7-8-16-14(13(11)12)17-9-2-3-10-17/h4-8,15H,2-3,9-10H2,1H3. The Kier molecular flexibility index (Phi) is 2.59. The fraction of sp³-hybridized carbons (Fsp3) is 0.357. The van der Waals surface area contributed by atoms with Crippen LogP contribution < -0.4 is 10.2 Å². The molecule has 88 valence electrons. The van der Waals surface area contributed by atoms with E-state index >= 15 is 0 Å². The van der Waals surface area contributed by atoms with Crippen LogP contribution in [0.25, 0.3) is 10.8 Å². The Balaban J connectivity index is 2.22. The van der Waals surface area contributed by atoms with E-state index in [0.717, 1.165) is 24.6 Å². The van der Waals surface area contributed by atoms with E-state index in [0.29, 0.717) is 0 Å². The predicted octanol–water partition coefficient (Wildman–Crippen LogP) is 2.88. The second kappa shape index (κ2) is 4.24. The van der Waals surface area contributed by atoms with Gasteiger partial charge in [0, 0.05) is 37.4 Å². The SMILES string of the molecule is CNc1cccc2ccnc(N3CCCC3)c12. The minimum atomic E-state index is 1.13. The number of pyridine rings is 1. The van der Waals surface area contributed by atoms with Crippen LogP contribution in [0.15, 0.2) is 30.5 Å². The highest BCUT2D eigenvalue weighted by Gasteiger charge is 2.17. The second-order valence-corrected chi connectivity index (χ2v) is 4.48. The summed E-state index contributed by atoms with van der Waals surface area (Å²) in [4.78, 5) is 6.98. The molecule has 2 aromatic rings. The monoisotopic (exact) mass is 227 g/mol. The van der Waals surface area contributed by atoms with Gasteiger partial charge in [0.2, 0.25) is 0 Å². The maximum absolute atomic E-state index is 4.58. The molecular weight excluding hydrogens is 210 g/mol. The van der Waals surface area contributed by atoms with Crippen molar-refractivity contribution in [2.45, 2.75) is 12.8 Å². The number of benzene rings is 1. The first kappa shape index (κ1) is 10.4. The van der Waals surface area contributed by atoms with Crippen molar-refractivity contribution in [1.82, 2.24) is 4.98 Å². The zero-order chi connectivity index (χ0) is 11.7. The van der Waals surface area contributed by atoms with E-state index in [1.54, 1.807) is 0 Å². The van der Waals surface area contributed by atoms with Crippen molar-refractivity contribution < 1.29 is 0 Å². The number of rotatable bonds is 2. The number of hydrogen-bond acceptors (Lipinski definition) is 3. The minimum absolute atomic E-state index is 1.13. The van der Waals surface area contributed by atoms with Crippen LogP contribution in [-0.4, -0.2) is 25.1 Å². The van der Waals surface area contributed by atoms with Crippen molar-refractivity contribution in [3.8, 4) is 0 Å². The van der Waals surface area contributed by atoms with Gasteiger partial charge < -0.3 is 10.2 Å². The van der Waals surface area contributed by atoms with Crippen molar-refractivity contribution in [1.29, 1.82) is 0 Å². The quantitative estimate of drug-likeness (QED) is 0.855. The maximum atomic E-state index is 4.58. The molecule has 0 aliphatic carbocycles. The van der Waals surface area contributed by atoms with E-state index in [9.17, 15) is 0 Å². The molecule has 1 aliphatic rings. The molecule has 0 bridgehead atoms. The van der Waals surface area contributed by atoms with E-state index < -0.39 is 0 Å². The molecule has 1 N–H and O–H groups in total. The summed E-state index contributed by atoms with van der Waals surface area (Å²) in [5, 5.41) is 5.77. The van der Waals surface area contributed by atoms with Gasteiger partial charge in [-0.1, -0.05) is 12.1 Å². The number of aromatic nitrogens is 1. The highest BCUT2D eigenvalue weighted by molar-refractivity contribution is 6.01. The van der Waals surface area contributed by atoms with Gasteiger partial charge in [0.25, 0.3) is 0 Å². The van der Waals surface area contributed by atoms with Gasteiger partial charge in [-0.05, 0) is 30.4 Å². The molecule has 3 rings (SSSR count). The summed E-state index contributed by atoms with van der Waals surface area (Å²) in [6.07, 6.45) is 4.47. The first-order valence-electron chi connectivity index (χ1n) is 6.20. The highest BCUT2D eigenvalue weighted by Crippen LogP contribution is 2.32. The molecule has 0 unspecified atom stereocenters. The summed E-state index contributed by atoms with van der Waals surface area (Å²) in [7, 11) is 1.97. The van der Waals surface area contributed by atoms with Crippen LogP contribution in [-0.2, 0) is 0 Å². The molecule has 0 spiro atoms. The lowest BCUT2D eigenvalue weighted by atomic mass is 10.1. The summed E-state index contributed by atoms with van der Waals surface area (Å²) in [6, 6.07) is 8.43. The van der Waals surface area contributed by atoms with E-state index in [-0.39, 0.29) is 0 Å². The molecule has 2 heterocycles. The van der Waals surface area contributed by atoms with E-state index in [2.05, 4.69) is 39.5 Å². The topological polar surface area (TPSA) is 28.2 Å². The molecule has 1 aromatic heterocycles. The zero-order valence-corrected chi connectivity index (χ0v) is 10.1. The van der Waals surface area contributed by atoms with Crippen LogP contribution in [0.1, 0.15) is 12.8 Å². The van der Waals surface area contributed by atoms with Gasteiger partial charge in [0.1, 0.15) is 5.82 Å². The fourth-order valence-corrected chi connectivity index (χ4v) is 2.59. The third kappa shape index (κ3) is 1.71. The normalized spacial score (nSPS) is 15.5. The largest absolute Gasteiger partial charge is 0.388 e. The maximum Gasteiger partial charge on any atom is 0.138 e. The van der Waals surface area contributed by atoms with Crippen LogP contribution in [0.4, 0.5) is 11.5 Å². The number of nitrogens with one attached hydrogen (secondary N) is 1. The Morgan fingerprint density at radius 3 is 2.76 bits per heavy atom. The number of fused-ring (bicyclic) bond motifs is 1. The number of nitrogens with zero attached hydrogens (tertiary/aromatic N) is 2. The second-order valence-electron chi connectivity index (χ2n) is 4.48. The van der Waals surface area contributed by atoms with Crippen LogP contribution in [0, 0.1) is 0 Å². The zero-order valence-electron chi connectivity index (χ0n) is 10.1. The molecule has 0 saturated carbocycles. The Bertz CT molecular complexity index is 525. The van der Waals surface area contributed by atoms with Gasteiger partial charge in [-0.3, -0.25) is 0 Å². The Labute approximate surface area is 101 Å². The van der Waals surface area contributed by atoms with Crippen molar-refractivity contribution in [2.24, 2.45) is 0 Å². The van der Waals surface area contributed by atoms with Crippen molar-refractivity contribution >= 4 is 22.3 Å². The predicted molar refractivity (Wildman–Crippen MR) is 72.7 cm³/mol. The van der Waals surface area contributed by atoms with Gasteiger partial charge >= 0.3 is 0 Å². The van der Waals surface area contributed by atoms with E-state index in [4.69, 9.17) is 0 Å². The highest BCUT2D eigenvalue weighted by atomic mass is 15.2. The minimum Gasteiger partial charge on any atom is -0.388 e. The lowest BCUT2D eigenvalue weighted by Gasteiger charge is -2.19. The van der Waals surface area contributed by atoms with Gasteiger partial charge in [0.05, 0.1) is 0 Å². The molecule has 0 radical (unpaired) electrons. The Morgan fingerprint density at radius 2 is 2.00 bits per heavy atom. The summed E-state index contributed by atoms with van der Waals surface area (Å²) < 4.78 is 0. The van der Waals surface area contributed by atoms with Crippen LogP contribution >= 0.6 is 0 Å². The third-order valence-electron chi connectivity index (χ3n) is 3.45. The lowest BCUT2D eigenvalue weighted by molar-refractivity contribution is 0.946. The molecule has 1 aromatic carbocycles. The first-order valence-corrected chi connectivity index (χ1v) is 6.20. The average Bonchev–Trinajstić information content (AvgIpc) is 2.91. The van der Waals surface area contributed by atoms with Crippen molar-refractivity contribution in [3.05, 3.63) is 30.5 Å². The fourth-order valence-electron chi connectivity index (χ4n) is 2.59. The number of anilines is 2. The summed E-state index contributed by atoms with van der Waals surface area (Å²) in [5.41, 5.74) is 1.16. The molecule has 0 amide bonds. The molecule has 1 saturated heterocycles. The van der Waals surface area contributed by atoms with Crippen LogP contribution in [0.2, 0.25) is 0 Å². The molecule has 17 heavy (non-hydrogen) atoms. The molecule has 1 fully saturated rings. The molecular formula is C14H17N3. The van der Waals surface area contributed by atoms with Gasteiger partial charge in [0.15, 0.2) is 0 Å². The Morgan fingerprint density at radius 1 is 1.18 bits per heavy atom. The molecule has 3 heteroatoms. The van der Waals surface area contributed by atoms with Gasteiger partial charge in [-0.25, -0.2) is 4.98 Å². The van der Waals surface area contributed by atoms with Crippen LogP contribution in [0.5, 0.6) is 0 Å². The van der Waals surface area contributed by atoms with Gasteiger partial charge in [-0.15, -0.1) is 0 Å². The molecule has 3 nitrogen and oxygen atoms in total. The number of hydrogen-bond donors (Lipinski definition) is 1. The third-order valence-corrected chi connectivity index (χ3v) is 3.45. The van der Waals surface area contributed by atoms with E-state index in [1.165, 1.54) is 23.6 Å². The first-order chi connectivity index (χ1) is 8.40.